The number of thiophene rings is 1. The summed E-state index contributed by atoms with van der Waals surface area (Å²) >= 11 is 1.61. The average Bonchev–Trinajstić information content (AvgIpc) is 3.45. The highest BCUT2D eigenvalue weighted by Crippen LogP contribution is 2.47. The van der Waals surface area contributed by atoms with Gasteiger partial charge in [0.1, 0.15) is 0 Å². The Hall–Kier alpha value is -4.46. The van der Waals surface area contributed by atoms with Crippen molar-refractivity contribution < 1.29 is 11.0 Å². The molecular formula is C36H22S. The van der Waals surface area contributed by atoms with Crippen LogP contribution in [0.1, 0.15) is 11.0 Å². The Morgan fingerprint density at radius 1 is 0.486 bits per heavy atom. The van der Waals surface area contributed by atoms with E-state index < -0.39 is 24.2 Å². The maximum atomic E-state index is 9.26. The van der Waals surface area contributed by atoms with Gasteiger partial charge in [-0.1, -0.05) is 115 Å². The predicted octanol–water partition coefficient (Wildman–Crippen LogP) is 10.8. The summed E-state index contributed by atoms with van der Waals surface area (Å²) in [5, 5.41) is 4.62. The van der Waals surface area contributed by atoms with Crippen molar-refractivity contribution in [2.45, 2.75) is 0 Å². The first-order chi connectivity index (χ1) is 21.7. The maximum Gasteiger partial charge on any atom is 0.0629 e. The first-order valence-electron chi connectivity index (χ1n) is 16.0. The van der Waals surface area contributed by atoms with Crippen molar-refractivity contribution in [1.29, 1.82) is 0 Å². The highest BCUT2D eigenvalue weighted by molar-refractivity contribution is 7.25. The van der Waals surface area contributed by atoms with Gasteiger partial charge in [0.15, 0.2) is 0 Å². The van der Waals surface area contributed by atoms with Gasteiger partial charge in [-0.15, -0.1) is 11.3 Å². The molecule has 0 saturated carbocycles. The van der Waals surface area contributed by atoms with E-state index in [1.54, 1.807) is 11.3 Å². The number of hydrogen-bond acceptors (Lipinski definition) is 1. The van der Waals surface area contributed by atoms with Gasteiger partial charge in [-0.2, -0.15) is 0 Å². The molecule has 7 aromatic carbocycles. The minimum Gasteiger partial charge on any atom is -0.135 e. The monoisotopic (exact) mass is 494 g/mol. The van der Waals surface area contributed by atoms with Crippen LogP contribution in [0, 0.1) is 0 Å². The lowest BCUT2D eigenvalue weighted by Crippen LogP contribution is -1.91. The summed E-state index contributed by atoms with van der Waals surface area (Å²) in [7, 11) is 0. The van der Waals surface area contributed by atoms with Crippen LogP contribution in [-0.4, -0.2) is 0 Å². The van der Waals surface area contributed by atoms with Crippen LogP contribution in [0.4, 0.5) is 0 Å². The van der Waals surface area contributed by atoms with E-state index in [0.29, 0.717) is 22.3 Å². The molecule has 0 atom stereocenters. The van der Waals surface area contributed by atoms with Crippen molar-refractivity contribution in [2.24, 2.45) is 0 Å². The van der Waals surface area contributed by atoms with Crippen molar-refractivity contribution >= 4 is 63.8 Å². The number of rotatable bonds is 2. The van der Waals surface area contributed by atoms with Crippen LogP contribution in [0.2, 0.25) is 0 Å². The Bertz CT molecular complexity index is 2500. The minimum atomic E-state index is -0.403. The molecule has 8 rings (SSSR count). The van der Waals surface area contributed by atoms with E-state index in [1.807, 2.05) is 84.9 Å². The van der Waals surface area contributed by atoms with Gasteiger partial charge < -0.3 is 0 Å². The maximum absolute atomic E-state index is 9.26. The molecule has 0 N–H and O–H groups in total. The SMILES string of the molecule is [2H]c1c([2H])c([2H])c2c(-c3cccc4sc5ccccc5c34)c3c([2H])c([2H])c([2H])c([2H])c3c(-c3ccc4ccccc4c3)c2c1[2H]. The fraction of sp³-hybridized carbons (Fsp3) is 0. The smallest absolute Gasteiger partial charge is 0.0629 e. The van der Waals surface area contributed by atoms with Gasteiger partial charge in [-0.25, -0.2) is 0 Å². The predicted molar refractivity (Wildman–Crippen MR) is 163 cm³/mol. The topological polar surface area (TPSA) is 0 Å². The van der Waals surface area contributed by atoms with Gasteiger partial charge in [0.25, 0.3) is 0 Å². The lowest BCUT2D eigenvalue weighted by atomic mass is 9.84. The van der Waals surface area contributed by atoms with Gasteiger partial charge in [0, 0.05) is 20.2 Å². The first-order valence-corrected chi connectivity index (χ1v) is 12.9. The Kier molecular flexibility index (Phi) is 3.11. The van der Waals surface area contributed by atoms with Crippen LogP contribution in [0.15, 0.2) is 133 Å². The molecule has 0 amide bonds. The van der Waals surface area contributed by atoms with Crippen LogP contribution in [-0.2, 0) is 0 Å². The normalized spacial score (nSPS) is 14.8. The number of fused-ring (bicyclic) bond motifs is 6. The van der Waals surface area contributed by atoms with Crippen LogP contribution in [0.5, 0.6) is 0 Å². The zero-order valence-electron chi connectivity index (χ0n) is 27.5. The molecule has 8 aromatic rings. The molecule has 1 heterocycles. The quantitative estimate of drug-likeness (QED) is 0.210. The summed E-state index contributed by atoms with van der Waals surface area (Å²) in [5.74, 6) is 0. The second-order valence-electron chi connectivity index (χ2n) is 9.09. The van der Waals surface area contributed by atoms with E-state index in [9.17, 15) is 5.48 Å². The van der Waals surface area contributed by atoms with Crippen LogP contribution >= 0.6 is 11.3 Å². The first kappa shape index (κ1) is 14.3. The summed E-state index contributed by atoms with van der Waals surface area (Å²) in [5.41, 5.74) is 1.98. The molecular weight excluding hydrogens is 464 g/mol. The van der Waals surface area contributed by atoms with E-state index in [-0.39, 0.29) is 45.7 Å². The van der Waals surface area contributed by atoms with Crippen molar-refractivity contribution in [3.8, 4) is 22.3 Å². The summed E-state index contributed by atoms with van der Waals surface area (Å²) in [6, 6.07) is 24.5. The molecule has 1 aromatic heterocycles. The molecule has 0 saturated heterocycles. The van der Waals surface area contributed by atoms with E-state index in [0.717, 1.165) is 30.9 Å². The largest absolute Gasteiger partial charge is 0.135 e. The summed E-state index contributed by atoms with van der Waals surface area (Å²) < 4.78 is 73.7. The van der Waals surface area contributed by atoms with E-state index in [2.05, 4.69) is 0 Å². The van der Waals surface area contributed by atoms with Crippen molar-refractivity contribution in [2.75, 3.05) is 0 Å². The Labute approximate surface area is 230 Å². The lowest BCUT2D eigenvalue weighted by Gasteiger charge is -2.18. The van der Waals surface area contributed by atoms with Crippen molar-refractivity contribution in [3.63, 3.8) is 0 Å². The Morgan fingerprint density at radius 2 is 1.11 bits per heavy atom. The molecule has 172 valence electrons. The van der Waals surface area contributed by atoms with Gasteiger partial charge >= 0.3 is 0 Å². The van der Waals surface area contributed by atoms with Crippen LogP contribution in [0.3, 0.4) is 0 Å². The van der Waals surface area contributed by atoms with Gasteiger partial charge in [-0.3, -0.25) is 0 Å². The summed E-state index contributed by atoms with van der Waals surface area (Å²) in [4.78, 5) is 0. The molecule has 37 heavy (non-hydrogen) atoms. The highest BCUT2D eigenvalue weighted by atomic mass is 32.1. The molecule has 0 radical (unpaired) electrons. The Morgan fingerprint density at radius 3 is 1.86 bits per heavy atom. The molecule has 0 unspecified atom stereocenters. The van der Waals surface area contributed by atoms with Crippen LogP contribution in [0.25, 0.3) is 74.7 Å². The third-order valence-electron chi connectivity index (χ3n) is 7.09. The molecule has 0 bridgehead atoms. The zero-order valence-corrected chi connectivity index (χ0v) is 20.3. The van der Waals surface area contributed by atoms with Crippen LogP contribution < -0.4 is 0 Å². The molecule has 0 aliphatic heterocycles. The van der Waals surface area contributed by atoms with E-state index >= 15 is 0 Å². The molecule has 1 heteroatoms. The van der Waals surface area contributed by atoms with Gasteiger partial charge in [0.05, 0.1) is 11.0 Å². The number of benzene rings is 7. The highest BCUT2D eigenvalue weighted by Gasteiger charge is 2.19. The second kappa shape index (κ2) is 8.03. The second-order valence-corrected chi connectivity index (χ2v) is 10.2. The Balaban J connectivity index is 1.72. The fourth-order valence-electron chi connectivity index (χ4n) is 5.51. The average molecular weight is 495 g/mol. The van der Waals surface area contributed by atoms with Crippen molar-refractivity contribution in [1.82, 2.24) is 0 Å². The summed E-state index contributed by atoms with van der Waals surface area (Å²) in [6.07, 6.45) is 0. The van der Waals surface area contributed by atoms with E-state index in [4.69, 9.17) is 5.48 Å². The van der Waals surface area contributed by atoms with Crippen molar-refractivity contribution in [3.05, 3.63) is 133 Å². The molecule has 0 nitrogen and oxygen atoms in total. The third-order valence-corrected chi connectivity index (χ3v) is 8.22. The molecule has 0 fully saturated rings. The zero-order chi connectivity index (χ0) is 31.3. The third kappa shape index (κ3) is 3.08. The summed E-state index contributed by atoms with van der Waals surface area (Å²) in [6.45, 7) is 0. The fourth-order valence-corrected chi connectivity index (χ4v) is 6.64. The van der Waals surface area contributed by atoms with Gasteiger partial charge in [0.2, 0.25) is 0 Å². The van der Waals surface area contributed by atoms with E-state index in [1.165, 1.54) is 0 Å². The molecule has 0 aliphatic carbocycles. The minimum absolute atomic E-state index is 0.223. The lowest BCUT2D eigenvalue weighted by molar-refractivity contribution is 1.69. The van der Waals surface area contributed by atoms with Gasteiger partial charge in [-0.05, 0) is 72.8 Å². The standard InChI is InChI=1S/C36H22S/c1-2-11-24-22-25(21-20-23(24)10-1)34-26-12-3-5-14-28(26)35(29-15-6-4-13-27(29)34)31-17-9-19-33-36(31)30-16-7-8-18-32(30)37-33/h1-22H/i3D,4D,5D,6D,12D,13D,14D,15D. The molecule has 0 aliphatic rings. The molecule has 0 spiro atoms. The number of hydrogen-bond donors (Lipinski definition) is 0.